The van der Waals surface area contributed by atoms with Crippen molar-refractivity contribution in [3.05, 3.63) is 34.8 Å². The van der Waals surface area contributed by atoms with Gasteiger partial charge in [-0.15, -0.1) is 0 Å². The molecule has 1 atom stereocenters. The number of rotatable bonds is 7. The molecule has 1 unspecified atom stereocenters. The van der Waals surface area contributed by atoms with Gasteiger partial charge in [0.25, 0.3) is 0 Å². The molecule has 1 aromatic heterocycles. The van der Waals surface area contributed by atoms with Gasteiger partial charge in [-0.3, -0.25) is 9.36 Å². The molecule has 0 fully saturated rings. The zero-order chi connectivity index (χ0) is 16.1. The lowest BCUT2D eigenvalue weighted by atomic mass is 10.0. The first-order valence-electron chi connectivity index (χ1n) is 7.51. The fraction of sp³-hybridized carbons (Fsp3) is 0.500. The van der Waals surface area contributed by atoms with Crippen molar-refractivity contribution in [1.29, 1.82) is 0 Å². The summed E-state index contributed by atoms with van der Waals surface area (Å²) >= 11 is 0. The number of aromatic nitrogens is 1. The second-order valence-corrected chi connectivity index (χ2v) is 5.67. The van der Waals surface area contributed by atoms with E-state index in [4.69, 9.17) is 9.52 Å². The zero-order valence-electron chi connectivity index (χ0n) is 12.9. The second-order valence-electron chi connectivity index (χ2n) is 5.67. The minimum atomic E-state index is -0.454. The maximum Gasteiger partial charge on any atom is 0.419 e. The number of aliphatic hydroxyl groups is 1. The predicted molar refractivity (Wildman–Crippen MR) is 83.6 cm³/mol. The van der Waals surface area contributed by atoms with Crippen LogP contribution >= 0.6 is 0 Å². The van der Waals surface area contributed by atoms with Crippen LogP contribution in [-0.2, 0) is 11.3 Å². The molecule has 0 aliphatic rings. The van der Waals surface area contributed by atoms with Gasteiger partial charge in [-0.2, -0.15) is 0 Å². The molecule has 1 aromatic carbocycles. The Hall–Kier alpha value is -2.08. The average Bonchev–Trinajstić information content (AvgIpc) is 2.80. The minimum Gasteiger partial charge on any atom is -0.408 e. The SMILES string of the molecule is CC(C)C(CCO)NC(=O)CCn1c(=O)oc2ccccc21. The number of nitrogens with zero attached hydrogens (tertiary/aromatic N) is 1. The number of hydrogen-bond acceptors (Lipinski definition) is 4. The van der Waals surface area contributed by atoms with Crippen LogP contribution in [0.3, 0.4) is 0 Å². The first-order valence-corrected chi connectivity index (χ1v) is 7.51. The molecular formula is C16H22N2O4. The van der Waals surface area contributed by atoms with Crippen LogP contribution in [0.2, 0.25) is 0 Å². The van der Waals surface area contributed by atoms with Gasteiger partial charge in [0.1, 0.15) is 0 Å². The van der Waals surface area contributed by atoms with Crippen LogP contribution in [0.5, 0.6) is 0 Å². The van der Waals surface area contributed by atoms with E-state index in [1.807, 2.05) is 19.9 Å². The van der Waals surface area contributed by atoms with Crippen molar-refractivity contribution in [2.24, 2.45) is 5.92 Å². The first-order chi connectivity index (χ1) is 10.5. The van der Waals surface area contributed by atoms with E-state index in [0.29, 0.717) is 17.5 Å². The molecule has 6 nitrogen and oxygen atoms in total. The molecule has 1 heterocycles. The summed E-state index contributed by atoms with van der Waals surface area (Å²) < 4.78 is 6.60. The lowest BCUT2D eigenvalue weighted by Crippen LogP contribution is -2.39. The smallest absolute Gasteiger partial charge is 0.408 e. The van der Waals surface area contributed by atoms with Gasteiger partial charge in [-0.25, -0.2) is 4.79 Å². The molecule has 2 N–H and O–H groups in total. The summed E-state index contributed by atoms with van der Waals surface area (Å²) in [6.07, 6.45) is 0.718. The van der Waals surface area contributed by atoms with Crippen LogP contribution in [0.25, 0.3) is 11.1 Å². The standard InChI is InChI=1S/C16H22N2O4/c1-11(2)12(8-10-19)17-15(20)7-9-18-13-5-3-4-6-14(13)22-16(18)21/h3-6,11-12,19H,7-10H2,1-2H3,(H,17,20). The topological polar surface area (TPSA) is 84.5 Å². The van der Waals surface area contributed by atoms with Gasteiger partial charge in [0.2, 0.25) is 5.91 Å². The van der Waals surface area contributed by atoms with E-state index >= 15 is 0 Å². The highest BCUT2D eigenvalue weighted by atomic mass is 16.4. The van der Waals surface area contributed by atoms with Crippen LogP contribution < -0.4 is 11.1 Å². The molecule has 1 amide bonds. The van der Waals surface area contributed by atoms with Gasteiger partial charge >= 0.3 is 5.76 Å². The van der Waals surface area contributed by atoms with Gasteiger partial charge in [0, 0.05) is 25.6 Å². The van der Waals surface area contributed by atoms with Gasteiger partial charge in [-0.1, -0.05) is 26.0 Å². The largest absolute Gasteiger partial charge is 0.419 e. The number of aliphatic hydroxyl groups excluding tert-OH is 1. The first kappa shape index (κ1) is 16.3. The molecule has 0 bridgehead atoms. The molecule has 22 heavy (non-hydrogen) atoms. The number of para-hydroxylation sites is 2. The third kappa shape index (κ3) is 3.76. The summed E-state index contributed by atoms with van der Waals surface area (Å²) in [7, 11) is 0. The Bertz CT molecular complexity index is 687. The summed E-state index contributed by atoms with van der Waals surface area (Å²) in [5, 5.41) is 11.9. The quantitative estimate of drug-likeness (QED) is 0.812. The highest BCUT2D eigenvalue weighted by Crippen LogP contribution is 2.12. The molecule has 0 radical (unpaired) electrons. The normalized spacial score (nSPS) is 12.7. The fourth-order valence-corrected chi connectivity index (χ4v) is 2.43. The maximum atomic E-state index is 12.0. The monoisotopic (exact) mass is 306 g/mol. The van der Waals surface area contributed by atoms with E-state index in [9.17, 15) is 9.59 Å². The van der Waals surface area contributed by atoms with Crippen LogP contribution in [0.15, 0.2) is 33.5 Å². The number of fused-ring (bicyclic) bond motifs is 1. The zero-order valence-corrected chi connectivity index (χ0v) is 12.9. The minimum absolute atomic E-state index is 0.0367. The third-order valence-electron chi connectivity index (χ3n) is 3.73. The number of nitrogens with one attached hydrogen (secondary N) is 1. The van der Waals surface area contributed by atoms with Crippen molar-refractivity contribution in [2.45, 2.75) is 39.3 Å². The van der Waals surface area contributed by atoms with Crippen LogP contribution in [-0.4, -0.2) is 28.2 Å². The van der Waals surface area contributed by atoms with Crippen LogP contribution in [0.4, 0.5) is 0 Å². The van der Waals surface area contributed by atoms with E-state index in [1.54, 1.807) is 18.2 Å². The molecule has 0 saturated carbocycles. The molecule has 2 aromatic rings. The molecule has 120 valence electrons. The van der Waals surface area contributed by atoms with E-state index in [1.165, 1.54) is 4.57 Å². The predicted octanol–water partition coefficient (Wildman–Crippen LogP) is 1.51. The molecule has 0 aliphatic heterocycles. The second kappa shape index (κ2) is 7.26. The summed E-state index contributed by atoms with van der Waals surface area (Å²) in [5.41, 5.74) is 1.21. The summed E-state index contributed by atoms with van der Waals surface area (Å²) in [5.74, 6) is -0.345. The number of carbonyl (C=O) groups excluding carboxylic acids is 1. The van der Waals surface area contributed by atoms with Crippen molar-refractivity contribution in [1.82, 2.24) is 9.88 Å². The molecule has 2 rings (SSSR count). The third-order valence-corrected chi connectivity index (χ3v) is 3.73. The highest BCUT2D eigenvalue weighted by molar-refractivity contribution is 5.77. The molecule has 6 heteroatoms. The number of aryl methyl sites for hydroxylation is 1. The van der Waals surface area contributed by atoms with Crippen LogP contribution in [0, 0.1) is 5.92 Å². The Morgan fingerprint density at radius 3 is 2.77 bits per heavy atom. The van der Waals surface area contributed by atoms with Crippen molar-refractivity contribution in [3.8, 4) is 0 Å². The number of amides is 1. The van der Waals surface area contributed by atoms with Crippen molar-refractivity contribution < 1.29 is 14.3 Å². The molecule has 0 aliphatic carbocycles. The molecule has 0 spiro atoms. The highest BCUT2D eigenvalue weighted by Gasteiger charge is 2.16. The Balaban J connectivity index is 2.01. The van der Waals surface area contributed by atoms with E-state index in [2.05, 4.69) is 5.32 Å². The van der Waals surface area contributed by atoms with E-state index in [-0.39, 0.29) is 37.4 Å². The number of benzene rings is 1. The van der Waals surface area contributed by atoms with Gasteiger partial charge < -0.3 is 14.8 Å². The molecule has 0 saturated heterocycles. The summed E-state index contributed by atoms with van der Waals surface area (Å²) in [4.78, 5) is 23.9. The lowest BCUT2D eigenvalue weighted by Gasteiger charge is -2.21. The summed E-state index contributed by atoms with van der Waals surface area (Å²) in [6.45, 7) is 4.30. The summed E-state index contributed by atoms with van der Waals surface area (Å²) in [6, 6.07) is 7.08. The van der Waals surface area contributed by atoms with Gasteiger partial charge in [0.05, 0.1) is 5.52 Å². The van der Waals surface area contributed by atoms with Crippen LogP contribution in [0.1, 0.15) is 26.7 Å². The average molecular weight is 306 g/mol. The number of hydrogen-bond donors (Lipinski definition) is 2. The van der Waals surface area contributed by atoms with Gasteiger partial charge in [0.15, 0.2) is 5.58 Å². The molecular weight excluding hydrogens is 284 g/mol. The number of carbonyl (C=O) groups is 1. The Morgan fingerprint density at radius 1 is 1.36 bits per heavy atom. The number of oxazole rings is 1. The fourth-order valence-electron chi connectivity index (χ4n) is 2.43. The Kier molecular flexibility index (Phi) is 5.38. The van der Waals surface area contributed by atoms with Crippen molar-refractivity contribution in [3.63, 3.8) is 0 Å². The van der Waals surface area contributed by atoms with E-state index in [0.717, 1.165) is 0 Å². The van der Waals surface area contributed by atoms with Crippen molar-refractivity contribution in [2.75, 3.05) is 6.61 Å². The maximum absolute atomic E-state index is 12.0. The lowest BCUT2D eigenvalue weighted by molar-refractivity contribution is -0.122. The van der Waals surface area contributed by atoms with E-state index < -0.39 is 5.76 Å². The van der Waals surface area contributed by atoms with Crippen molar-refractivity contribution >= 4 is 17.0 Å². The van der Waals surface area contributed by atoms with Gasteiger partial charge in [-0.05, 0) is 24.5 Å². The Morgan fingerprint density at radius 2 is 2.09 bits per heavy atom. The Labute approximate surface area is 128 Å².